The summed E-state index contributed by atoms with van der Waals surface area (Å²) in [6.45, 7) is 3.59. The maximum Gasteiger partial charge on any atom is 0.416 e. The van der Waals surface area contributed by atoms with E-state index in [4.69, 9.17) is 4.98 Å². The SMILES string of the molecule is Cc1ccc(-n2nnnc2-c2cnc(N3CCCC3)nc2-c2cccc(C(F)(F)F)c2)cc1. The molecule has 3 heterocycles. The molecule has 2 aromatic heterocycles. The molecule has 5 rings (SSSR count). The summed E-state index contributed by atoms with van der Waals surface area (Å²) in [7, 11) is 0. The molecule has 0 atom stereocenters. The molecular formula is C23H20F3N7. The number of hydrogen-bond donors (Lipinski definition) is 0. The van der Waals surface area contributed by atoms with E-state index in [1.807, 2.05) is 36.1 Å². The Morgan fingerprint density at radius 3 is 2.45 bits per heavy atom. The molecule has 0 saturated carbocycles. The number of aryl methyl sites for hydroxylation is 1. The van der Waals surface area contributed by atoms with Gasteiger partial charge >= 0.3 is 6.18 Å². The third kappa shape index (κ3) is 4.15. The van der Waals surface area contributed by atoms with Gasteiger partial charge in [-0.1, -0.05) is 29.8 Å². The van der Waals surface area contributed by atoms with Crippen LogP contribution < -0.4 is 4.90 Å². The van der Waals surface area contributed by atoms with E-state index >= 15 is 0 Å². The second-order valence-corrected chi connectivity index (χ2v) is 7.95. The summed E-state index contributed by atoms with van der Waals surface area (Å²) in [5.74, 6) is 0.831. The third-order valence-electron chi connectivity index (χ3n) is 5.62. The summed E-state index contributed by atoms with van der Waals surface area (Å²) in [4.78, 5) is 11.2. The van der Waals surface area contributed by atoms with E-state index in [9.17, 15) is 13.2 Å². The Morgan fingerprint density at radius 2 is 1.73 bits per heavy atom. The zero-order valence-corrected chi connectivity index (χ0v) is 17.8. The van der Waals surface area contributed by atoms with Crippen LogP contribution in [0.2, 0.25) is 0 Å². The minimum Gasteiger partial charge on any atom is -0.341 e. The molecule has 4 aromatic rings. The van der Waals surface area contributed by atoms with Crippen molar-refractivity contribution >= 4 is 5.95 Å². The van der Waals surface area contributed by atoms with Crippen LogP contribution in [0, 0.1) is 6.92 Å². The second-order valence-electron chi connectivity index (χ2n) is 7.95. The van der Waals surface area contributed by atoms with E-state index in [2.05, 4.69) is 20.5 Å². The standard InChI is InChI=1S/C23H20F3N7/c1-15-7-9-18(10-8-15)33-21(29-30-31-33)19-14-27-22(32-11-2-3-12-32)28-20(19)16-5-4-6-17(13-16)23(24,25)26/h4-10,13-14H,2-3,11-12H2,1H3. The number of halogens is 3. The molecule has 0 bridgehead atoms. The molecule has 7 nitrogen and oxygen atoms in total. The van der Waals surface area contributed by atoms with Gasteiger partial charge in [0.25, 0.3) is 0 Å². The molecule has 0 N–H and O–H groups in total. The first kappa shape index (κ1) is 21.0. The van der Waals surface area contributed by atoms with Gasteiger partial charge in [0, 0.05) is 24.8 Å². The van der Waals surface area contributed by atoms with Crippen molar-refractivity contribution in [2.75, 3.05) is 18.0 Å². The summed E-state index contributed by atoms with van der Waals surface area (Å²) in [6.07, 6.45) is -0.831. The van der Waals surface area contributed by atoms with Crippen LogP contribution in [0.3, 0.4) is 0 Å². The van der Waals surface area contributed by atoms with E-state index < -0.39 is 11.7 Å². The van der Waals surface area contributed by atoms with Gasteiger partial charge in [0.05, 0.1) is 22.5 Å². The molecule has 0 aliphatic carbocycles. The normalized spacial score (nSPS) is 14.1. The van der Waals surface area contributed by atoms with E-state index in [0.29, 0.717) is 28.6 Å². The van der Waals surface area contributed by atoms with Crippen LogP contribution in [0.5, 0.6) is 0 Å². The maximum absolute atomic E-state index is 13.4. The quantitative estimate of drug-likeness (QED) is 0.447. The van der Waals surface area contributed by atoms with Crippen molar-refractivity contribution in [1.82, 2.24) is 30.2 Å². The van der Waals surface area contributed by atoms with Gasteiger partial charge < -0.3 is 4.90 Å². The Labute approximate surface area is 187 Å². The highest BCUT2D eigenvalue weighted by Crippen LogP contribution is 2.36. The summed E-state index contributed by atoms with van der Waals surface area (Å²) in [5, 5.41) is 12.1. The molecule has 1 saturated heterocycles. The fourth-order valence-corrected chi connectivity index (χ4v) is 3.88. The van der Waals surface area contributed by atoms with Gasteiger partial charge in [0.15, 0.2) is 5.82 Å². The van der Waals surface area contributed by atoms with Crippen molar-refractivity contribution < 1.29 is 13.2 Å². The number of rotatable bonds is 4. The average Bonchev–Trinajstić information content (AvgIpc) is 3.51. The molecule has 33 heavy (non-hydrogen) atoms. The molecule has 1 aliphatic heterocycles. The van der Waals surface area contributed by atoms with Gasteiger partial charge in [-0.05, 0) is 54.5 Å². The summed E-state index contributed by atoms with van der Waals surface area (Å²) in [6, 6.07) is 12.7. The highest BCUT2D eigenvalue weighted by Gasteiger charge is 2.31. The highest BCUT2D eigenvalue weighted by atomic mass is 19.4. The monoisotopic (exact) mass is 451 g/mol. The Balaban J connectivity index is 1.68. The Hall–Kier alpha value is -3.82. The lowest BCUT2D eigenvalue weighted by Crippen LogP contribution is -2.20. The number of aromatic nitrogens is 6. The first-order valence-electron chi connectivity index (χ1n) is 10.6. The molecule has 2 aromatic carbocycles. The molecule has 168 valence electrons. The number of alkyl halides is 3. The molecule has 0 radical (unpaired) electrons. The predicted molar refractivity (Wildman–Crippen MR) is 117 cm³/mol. The van der Waals surface area contributed by atoms with E-state index in [1.54, 1.807) is 12.3 Å². The van der Waals surface area contributed by atoms with Crippen LogP contribution in [0.4, 0.5) is 19.1 Å². The first-order chi connectivity index (χ1) is 15.9. The van der Waals surface area contributed by atoms with Crippen molar-refractivity contribution in [2.24, 2.45) is 0 Å². The molecule has 0 unspecified atom stereocenters. The van der Waals surface area contributed by atoms with Crippen molar-refractivity contribution in [3.05, 3.63) is 65.9 Å². The minimum atomic E-state index is -4.47. The molecule has 1 fully saturated rings. The summed E-state index contributed by atoms with van der Waals surface area (Å²) >= 11 is 0. The zero-order valence-electron chi connectivity index (χ0n) is 17.8. The van der Waals surface area contributed by atoms with Gasteiger partial charge in [-0.2, -0.15) is 17.9 Å². The smallest absolute Gasteiger partial charge is 0.341 e. The summed E-state index contributed by atoms with van der Waals surface area (Å²) < 4.78 is 41.8. The van der Waals surface area contributed by atoms with Crippen LogP contribution in [-0.4, -0.2) is 43.3 Å². The fourth-order valence-electron chi connectivity index (χ4n) is 3.88. The van der Waals surface area contributed by atoms with Crippen LogP contribution >= 0.6 is 0 Å². The molecule has 0 spiro atoms. The van der Waals surface area contributed by atoms with Gasteiger partial charge in [-0.3, -0.25) is 0 Å². The third-order valence-corrected chi connectivity index (χ3v) is 5.62. The predicted octanol–water partition coefficient (Wildman–Crippen LogP) is 4.71. The summed E-state index contributed by atoms with van der Waals surface area (Å²) in [5.41, 5.74) is 2.17. The molecule has 10 heteroatoms. The van der Waals surface area contributed by atoms with Crippen LogP contribution in [-0.2, 0) is 6.18 Å². The van der Waals surface area contributed by atoms with Gasteiger partial charge in [-0.15, -0.1) is 5.10 Å². The number of tetrazole rings is 1. The maximum atomic E-state index is 13.4. The largest absolute Gasteiger partial charge is 0.416 e. The van der Waals surface area contributed by atoms with Crippen molar-refractivity contribution in [2.45, 2.75) is 25.9 Å². The lowest BCUT2D eigenvalue weighted by molar-refractivity contribution is -0.137. The Kier molecular flexibility index (Phi) is 5.27. The first-order valence-corrected chi connectivity index (χ1v) is 10.6. The van der Waals surface area contributed by atoms with E-state index in [1.165, 1.54) is 10.7 Å². The molecular weight excluding hydrogens is 431 g/mol. The topological polar surface area (TPSA) is 72.6 Å². The van der Waals surface area contributed by atoms with Crippen LogP contribution in [0.15, 0.2) is 54.7 Å². The van der Waals surface area contributed by atoms with Crippen LogP contribution in [0.1, 0.15) is 24.0 Å². The van der Waals surface area contributed by atoms with Gasteiger partial charge in [0.1, 0.15) is 0 Å². The van der Waals surface area contributed by atoms with E-state index in [-0.39, 0.29) is 0 Å². The number of anilines is 1. The Morgan fingerprint density at radius 1 is 0.970 bits per heavy atom. The molecule has 1 aliphatic rings. The van der Waals surface area contributed by atoms with Gasteiger partial charge in [-0.25, -0.2) is 9.97 Å². The lowest BCUT2D eigenvalue weighted by Gasteiger charge is -2.18. The minimum absolute atomic E-state index is 0.320. The van der Waals surface area contributed by atoms with Crippen LogP contribution in [0.25, 0.3) is 28.3 Å². The zero-order chi connectivity index (χ0) is 23.0. The van der Waals surface area contributed by atoms with Crippen molar-refractivity contribution in [3.8, 4) is 28.3 Å². The lowest BCUT2D eigenvalue weighted by atomic mass is 10.0. The highest BCUT2D eigenvalue weighted by molar-refractivity contribution is 5.78. The molecule has 0 amide bonds. The van der Waals surface area contributed by atoms with Crippen molar-refractivity contribution in [3.63, 3.8) is 0 Å². The Bertz CT molecular complexity index is 1280. The van der Waals surface area contributed by atoms with E-state index in [0.717, 1.165) is 49.3 Å². The van der Waals surface area contributed by atoms with Crippen molar-refractivity contribution in [1.29, 1.82) is 0 Å². The number of hydrogen-bond acceptors (Lipinski definition) is 6. The van der Waals surface area contributed by atoms with Gasteiger partial charge in [0.2, 0.25) is 5.95 Å². The fraction of sp³-hybridized carbons (Fsp3) is 0.261. The average molecular weight is 451 g/mol. The second kappa shape index (κ2) is 8.27. The number of nitrogens with zero attached hydrogens (tertiary/aromatic N) is 7. The number of benzene rings is 2.